The summed E-state index contributed by atoms with van der Waals surface area (Å²) in [6.07, 6.45) is 0. The molecule has 0 atom stereocenters. The second-order valence-electron chi connectivity index (χ2n) is 3.96. The maximum atomic E-state index is 13.0. The van der Waals surface area contributed by atoms with Gasteiger partial charge in [-0.05, 0) is 41.1 Å². The minimum atomic E-state index is -0.275. The maximum absolute atomic E-state index is 13.0. The number of halogens is 3. The van der Waals surface area contributed by atoms with Gasteiger partial charge in [-0.25, -0.2) is 4.39 Å². The number of aryl methyl sites for hydroxylation is 2. The number of hydrogen-bond donors (Lipinski definition) is 1. The Morgan fingerprint density at radius 2 is 2.22 bits per heavy atom. The van der Waals surface area contributed by atoms with Gasteiger partial charge in [-0.1, -0.05) is 11.6 Å². The standard InChI is InChI=1S/C12H12BrClFN3/c1-7-9(12(14)18(2)17-7)6-16-11-4-3-8(15)5-10(11)13/h3-5,16H,6H2,1-2H3. The van der Waals surface area contributed by atoms with Crippen LogP contribution >= 0.6 is 27.5 Å². The summed E-state index contributed by atoms with van der Waals surface area (Å²) in [7, 11) is 1.80. The Morgan fingerprint density at radius 1 is 1.50 bits per heavy atom. The lowest BCUT2D eigenvalue weighted by atomic mass is 10.2. The Hall–Kier alpha value is -1.07. The molecule has 18 heavy (non-hydrogen) atoms. The van der Waals surface area contributed by atoms with Crippen LogP contribution in [0.4, 0.5) is 10.1 Å². The predicted molar refractivity (Wildman–Crippen MR) is 74.4 cm³/mol. The molecule has 0 saturated heterocycles. The van der Waals surface area contributed by atoms with Crippen molar-refractivity contribution in [1.29, 1.82) is 0 Å². The third-order valence-corrected chi connectivity index (χ3v) is 3.79. The summed E-state index contributed by atoms with van der Waals surface area (Å²) in [5.41, 5.74) is 2.64. The number of rotatable bonds is 3. The quantitative estimate of drug-likeness (QED) is 0.924. The number of hydrogen-bond acceptors (Lipinski definition) is 2. The first kappa shape index (κ1) is 13.4. The molecule has 3 nitrogen and oxygen atoms in total. The van der Waals surface area contributed by atoms with E-state index in [-0.39, 0.29) is 5.82 Å². The SMILES string of the molecule is Cc1nn(C)c(Cl)c1CNc1ccc(F)cc1Br. The lowest BCUT2D eigenvalue weighted by Gasteiger charge is -2.08. The minimum Gasteiger partial charge on any atom is -0.380 e. The van der Waals surface area contributed by atoms with Crippen LogP contribution in [-0.4, -0.2) is 9.78 Å². The Labute approximate surface area is 118 Å². The number of nitrogens with one attached hydrogen (secondary N) is 1. The summed E-state index contributed by atoms with van der Waals surface area (Å²) in [5.74, 6) is -0.275. The largest absolute Gasteiger partial charge is 0.380 e. The molecule has 0 unspecified atom stereocenters. The van der Waals surface area contributed by atoms with Crippen LogP contribution in [-0.2, 0) is 13.6 Å². The van der Waals surface area contributed by atoms with Crippen molar-refractivity contribution >= 4 is 33.2 Å². The predicted octanol–water partition coefficient (Wildman–Crippen LogP) is 3.90. The van der Waals surface area contributed by atoms with Gasteiger partial charge in [-0.2, -0.15) is 5.10 Å². The monoisotopic (exact) mass is 331 g/mol. The highest BCUT2D eigenvalue weighted by Gasteiger charge is 2.11. The van der Waals surface area contributed by atoms with E-state index in [9.17, 15) is 4.39 Å². The van der Waals surface area contributed by atoms with Crippen LogP contribution in [0.5, 0.6) is 0 Å². The highest BCUT2D eigenvalue weighted by molar-refractivity contribution is 9.10. The van der Waals surface area contributed by atoms with Crippen molar-refractivity contribution in [2.45, 2.75) is 13.5 Å². The highest BCUT2D eigenvalue weighted by Crippen LogP contribution is 2.25. The van der Waals surface area contributed by atoms with E-state index in [1.54, 1.807) is 17.8 Å². The molecular formula is C12H12BrClFN3. The molecular weight excluding hydrogens is 321 g/mol. The van der Waals surface area contributed by atoms with Gasteiger partial charge in [-0.3, -0.25) is 4.68 Å². The van der Waals surface area contributed by atoms with E-state index < -0.39 is 0 Å². The second kappa shape index (κ2) is 5.28. The molecule has 1 aromatic carbocycles. The van der Waals surface area contributed by atoms with E-state index in [0.717, 1.165) is 16.9 Å². The van der Waals surface area contributed by atoms with Gasteiger partial charge in [0.1, 0.15) is 11.0 Å². The van der Waals surface area contributed by atoms with Crippen LogP contribution in [0.2, 0.25) is 5.15 Å². The molecule has 0 bridgehead atoms. The highest BCUT2D eigenvalue weighted by atomic mass is 79.9. The molecule has 0 aliphatic rings. The van der Waals surface area contributed by atoms with E-state index >= 15 is 0 Å². The van der Waals surface area contributed by atoms with Gasteiger partial charge in [0, 0.05) is 29.3 Å². The molecule has 2 aromatic rings. The minimum absolute atomic E-state index is 0.275. The van der Waals surface area contributed by atoms with Gasteiger partial charge in [0.25, 0.3) is 0 Å². The topological polar surface area (TPSA) is 29.9 Å². The Kier molecular flexibility index (Phi) is 3.92. The molecule has 6 heteroatoms. The van der Waals surface area contributed by atoms with Crippen LogP contribution in [0, 0.1) is 12.7 Å². The molecule has 0 aliphatic heterocycles. The molecule has 0 fully saturated rings. The van der Waals surface area contributed by atoms with Crippen LogP contribution in [0.1, 0.15) is 11.3 Å². The second-order valence-corrected chi connectivity index (χ2v) is 5.17. The summed E-state index contributed by atoms with van der Waals surface area (Å²) < 4.78 is 15.3. The maximum Gasteiger partial charge on any atom is 0.131 e. The van der Waals surface area contributed by atoms with Crippen LogP contribution in [0.25, 0.3) is 0 Å². The number of aromatic nitrogens is 2. The van der Waals surface area contributed by atoms with Crippen molar-refractivity contribution in [3.63, 3.8) is 0 Å². The van der Waals surface area contributed by atoms with Crippen LogP contribution < -0.4 is 5.32 Å². The first-order chi connectivity index (χ1) is 8.49. The summed E-state index contributed by atoms with van der Waals surface area (Å²) in [5, 5.41) is 8.04. The summed E-state index contributed by atoms with van der Waals surface area (Å²) in [6, 6.07) is 4.50. The van der Waals surface area contributed by atoms with Gasteiger partial charge in [0.2, 0.25) is 0 Å². The first-order valence-electron chi connectivity index (χ1n) is 5.36. The van der Waals surface area contributed by atoms with Crippen molar-refractivity contribution in [3.8, 4) is 0 Å². The smallest absolute Gasteiger partial charge is 0.131 e. The van der Waals surface area contributed by atoms with Gasteiger partial charge < -0.3 is 5.32 Å². The molecule has 1 aromatic heterocycles. The third kappa shape index (κ3) is 2.67. The van der Waals surface area contributed by atoms with E-state index in [1.807, 2.05) is 6.92 Å². The Balaban J connectivity index is 2.16. The van der Waals surface area contributed by atoms with Gasteiger partial charge >= 0.3 is 0 Å². The molecule has 2 rings (SSSR count). The fraction of sp³-hybridized carbons (Fsp3) is 0.250. The van der Waals surface area contributed by atoms with Crippen LogP contribution in [0.3, 0.4) is 0 Å². The molecule has 96 valence electrons. The molecule has 0 spiro atoms. The van der Waals surface area contributed by atoms with Crippen LogP contribution in [0.15, 0.2) is 22.7 Å². The lowest BCUT2D eigenvalue weighted by Crippen LogP contribution is -2.01. The van der Waals surface area contributed by atoms with Gasteiger partial charge in [-0.15, -0.1) is 0 Å². The number of nitrogens with zero attached hydrogens (tertiary/aromatic N) is 2. The zero-order valence-electron chi connectivity index (χ0n) is 9.97. The summed E-state index contributed by atoms with van der Waals surface area (Å²) >= 11 is 9.44. The van der Waals surface area contributed by atoms with E-state index in [1.165, 1.54) is 12.1 Å². The van der Waals surface area contributed by atoms with Gasteiger partial charge in [0.05, 0.1) is 5.69 Å². The van der Waals surface area contributed by atoms with Crippen molar-refractivity contribution in [1.82, 2.24) is 9.78 Å². The zero-order valence-corrected chi connectivity index (χ0v) is 12.3. The zero-order chi connectivity index (χ0) is 13.3. The number of anilines is 1. The Morgan fingerprint density at radius 3 is 2.78 bits per heavy atom. The van der Waals surface area contributed by atoms with E-state index in [2.05, 4.69) is 26.3 Å². The fourth-order valence-corrected chi connectivity index (χ4v) is 2.42. The molecule has 0 amide bonds. The molecule has 0 aliphatic carbocycles. The molecule has 1 N–H and O–H groups in total. The first-order valence-corrected chi connectivity index (χ1v) is 6.53. The molecule has 0 saturated carbocycles. The summed E-state index contributed by atoms with van der Waals surface area (Å²) in [6.45, 7) is 2.45. The van der Waals surface area contributed by atoms with Crippen molar-refractivity contribution in [3.05, 3.63) is 44.9 Å². The average Bonchev–Trinajstić information content (AvgIpc) is 2.53. The summed E-state index contributed by atoms with van der Waals surface area (Å²) in [4.78, 5) is 0. The van der Waals surface area contributed by atoms with Crippen molar-refractivity contribution < 1.29 is 4.39 Å². The van der Waals surface area contributed by atoms with Crippen molar-refractivity contribution in [2.24, 2.45) is 7.05 Å². The normalized spacial score (nSPS) is 10.7. The molecule has 1 heterocycles. The van der Waals surface area contributed by atoms with E-state index in [0.29, 0.717) is 16.2 Å². The van der Waals surface area contributed by atoms with E-state index in [4.69, 9.17) is 11.6 Å². The van der Waals surface area contributed by atoms with Crippen molar-refractivity contribution in [2.75, 3.05) is 5.32 Å². The Bertz CT molecular complexity index is 583. The lowest BCUT2D eigenvalue weighted by molar-refractivity contribution is 0.627. The fourth-order valence-electron chi connectivity index (χ4n) is 1.69. The van der Waals surface area contributed by atoms with Gasteiger partial charge in [0.15, 0.2) is 0 Å². The molecule has 0 radical (unpaired) electrons. The number of benzene rings is 1. The average molecular weight is 333 g/mol. The third-order valence-electron chi connectivity index (χ3n) is 2.66.